The molecule has 2 fully saturated rings. The number of hydrogen-bond donors (Lipinski definition) is 3. The minimum atomic E-state index is -4.45. The number of anilines is 2. The molecule has 1 aromatic carbocycles. The first kappa shape index (κ1) is 28.5. The maximum absolute atomic E-state index is 13.9. The van der Waals surface area contributed by atoms with Gasteiger partial charge < -0.3 is 15.4 Å². The van der Waals surface area contributed by atoms with Crippen LogP contribution in [-0.2, 0) is 14.8 Å². The van der Waals surface area contributed by atoms with Gasteiger partial charge in [-0.2, -0.15) is 0 Å². The predicted octanol–water partition coefficient (Wildman–Crippen LogP) is 3.66. The Labute approximate surface area is 240 Å². The maximum Gasteiger partial charge on any atom is 0.334 e. The summed E-state index contributed by atoms with van der Waals surface area (Å²) in [7, 11) is -4.45. The van der Waals surface area contributed by atoms with Crippen molar-refractivity contribution in [3.63, 3.8) is 0 Å². The third kappa shape index (κ3) is 5.86. The number of aromatic nitrogens is 3. The maximum atomic E-state index is 13.9. The Hall–Kier alpha value is -3.04. The highest BCUT2D eigenvalue weighted by Gasteiger charge is 2.47. The number of nitrogens with two attached hydrogens (primary N) is 1. The van der Waals surface area contributed by atoms with E-state index in [9.17, 15) is 17.6 Å². The van der Waals surface area contributed by atoms with E-state index in [4.69, 9.17) is 22.1 Å². The zero-order chi connectivity index (χ0) is 28.5. The molecule has 2 atom stereocenters. The highest BCUT2D eigenvalue weighted by molar-refractivity contribution is 7.99. The molecule has 2 aliphatic heterocycles. The van der Waals surface area contributed by atoms with E-state index in [1.807, 2.05) is 6.92 Å². The van der Waals surface area contributed by atoms with E-state index >= 15 is 0 Å². The van der Waals surface area contributed by atoms with Crippen LogP contribution in [0.3, 0.4) is 0 Å². The Morgan fingerprint density at radius 1 is 1.20 bits per heavy atom. The molecular formula is C25H27ClFN7O4S2. The van der Waals surface area contributed by atoms with Crippen molar-refractivity contribution < 1.29 is 22.3 Å². The zero-order valence-electron chi connectivity index (χ0n) is 21.4. The Morgan fingerprint density at radius 2 is 1.95 bits per heavy atom. The van der Waals surface area contributed by atoms with Crippen molar-refractivity contribution in [2.24, 2.45) is 11.1 Å². The number of nitrogens with one attached hydrogen (secondary N) is 2. The number of hydrogen-bond acceptors (Lipinski definition) is 10. The zero-order valence-corrected chi connectivity index (χ0v) is 23.8. The van der Waals surface area contributed by atoms with Crippen LogP contribution in [0, 0.1) is 11.2 Å². The molecule has 0 aliphatic carbocycles. The molecule has 0 radical (unpaired) electrons. The Balaban J connectivity index is 1.21. The van der Waals surface area contributed by atoms with E-state index in [1.54, 1.807) is 23.2 Å². The van der Waals surface area contributed by atoms with Gasteiger partial charge in [-0.15, -0.1) is 0 Å². The van der Waals surface area contributed by atoms with Gasteiger partial charge in [-0.1, -0.05) is 35.5 Å². The van der Waals surface area contributed by atoms with Crippen molar-refractivity contribution in [1.29, 1.82) is 0 Å². The van der Waals surface area contributed by atoms with Crippen molar-refractivity contribution in [3.05, 3.63) is 59.8 Å². The van der Waals surface area contributed by atoms with Gasteiger partial charge in [0.15, 0.2) is 5.82 Å². The topological polar surface area (TPSA) is 152 Å². The molecule has 1 spiro atoms. The van der Waals surface area contributed by atoms with Gasteiger partial charge in [0.05, 0.1) is 30.1 Å². The monoisotopic (exact) mass is 607 g/mol. The highest BCUT2D eigenvalue weighted by Crippen LogP contribution is 2.42. The van der Waals surface area contributed by atoms with Gasteiger partial charge in [0.25, 0.3) is 10.0 Å². The van der Waals surface area contributed by atoms with E-state index < -0.39 is 26.8 Å². The molecule has 5 rings (SSSR count). The average molecular weight is 608 g/mol. The van der Waals surface area contributed by atoms with Crippen LogP contribution in [0.4, 0.5) is 20.8 Å². The molecule has 40 heavy (non-hydrogen) atoms. The number of pyridine rings is 1. The van der Waals surface area contributed by atoms with Gasteiger partial charge >= 0.3 is 6.03 Å². The number of carbonyl (C=O) groups is 1. The number of urea groups is 1. The first-order valence-corrected chi connectivity index (χ1v) is 15.1. The molecule has 3 aromatic rings. The molecule has 0 unspecified atom stereocenters. The van der Waals surface area contributed by atoms with Gasteiger partial charge in [0.2, 0.25) is 0 Å². The number of amides is 2. The van der Waals surface area contributed by atoms with Crippen molar-refractivity contribution >= 4 is 51.1 Å². The second-order valence-corrected chi connectivity index (χ2v) is 12.8. The Bertz CT molecular complexity index is 1510. The molecule has 4 N–H and O–H groups in total. The van der Waals surface area contributed by atoms with Gasteiger partial charge in [0.1, 0.15) is 21.6 Å². The van der Waals surface area contributed by atoms with E-state index in [0.29, 0.717) is 16.5 Å². The summed E-state index contributed by atoms with van der Waals surface area (Å²) in [6, 6.07) is 5.21. The number of nitrogens with zero attached hydrogens (tertiary/aromatic N) is 4. The van der Waals surface area contributed by atoms with Crippen LogP contribution in [0.2, 0.25) is 5.02 Å². The number of halogens is 2. The van der Waals surface area contributed by atoms with Crippen LogP contribution in [0.1, 0.15) is 19.8 Å². The van der Waals surface area contributed by atoms with E-state index in [1.165, 1.54) is 30.1 Å². The lowest BCUT2D eigenvalue weighted by atomic mass is 9.73. The predicted molar refractivity (Wildman–Crippen MR) is 148 cm³/mol. The van der Waals surface area contributed by atoms with Crippen molar-refractivity contribution in [1.82, 2.24) is 19.7 Å². The van der Waals surface area contributed by atoms with Crippen LogP contribution < -0.4 is 20.7 Å². The van der Waals surface area contributed by atoms with Gasteiger partial charge in [-0.25, -0.2) is 37.3 Å². The second-order valence-electron chi connectivity index (χ2n) is 9.67. The van der Waals surface area contributed by atoms with E-state index in [2.05, 4.69) is 25.2 Å². The summed E-state index contributed by atoms with van der Waals surface area (Å²) in [4.78, 5) is 27.5. The normalized spacial score (nSPS) is 20.4. The Morgan fingerprint density at radius 3 is 2.60 bits per heavy atom. The minimum absolute atomic E-state index is 0.0157. The van der Waals surface area contributed by atoms with Crippen LogP contribution in [-0.4, -0.2) is 61.2 Å². The van der Waals surface area contributed by atoms with Crippen LogP contribution in [0.15, 0.2) is 63.7 Å². The summed E-state index contributed by atoms with van der Waals surface area (Å²) in [5.74, 6) is -0.310. The van der Waals surface area contributed by atoms with Gasteiger partial charge in [0, 0.05) is 35.6 Å². The summed E-state index contributed by atoms with van der Waals surface area (Å²) < 4.78 is 46.2. The first-order chi connectivity index (χ1) is 19.1. The molecule has 4 heterocycles. The summed E-state index contributed by atoms with van der Waals surface area (Å²) in [6.07, 6.45) is 6.65. The summed E-state index contributed by atoms with van der Waals surface area (Å²) in [5.41, 5.74) is 6.43. The molecule has 2 aromatic heterocycles. The molecule has 0 saturated carbocycles. The lowest BCUT2D eigenvalue weighted by molar-refractivity contribution is 0.0974. The van der Waals surface area contributed by atoms with Crippen molar-refractivity contribution in [3.8, 4) is 0 Å². The molecule has 11 nitrogen and oxygen atoms in total. The van der Waals surface area contributed by atoms with Crippen LogP contribution in [0.5, 0.6) is 0 Å². The van der Waals surface area contributed by atoms with Crippen LogP contribution >= 0.6 is 23.4 Å². The number of piperidine rings is 1. The fourth-order valence-corrected chi connectivity index (χ4v) is 6.87. The van der Waals surface area contributed by atoms with Gasteiger partial charge in [-0.05, 0) is 38.0 Å². The molecule has 15 heteroatoms. The quantitative estimate of drug-likeness (QED) is 0.378. The minimum Gasteiger partial charge on any atom is -0.376 e. The van der Waals surface area contributed by atoms with Crippen molar-refractivity contribution in [2.45, 2.75) is 46.7 Å². The largest absolute Gasteiger partial charge is 0.376 e. The third-order valence-electron chi connectivity index (χ3n) is 7.20. The number of sulfonamides is 1. The smallest absolute Gasteiger partial charge is 0.334 e. The molecule has 2 amide bonds. The highest BCUT2D eigenvalue weighted by atomic mass is 35.5. The van der Waals surface area contributed by atoms with Crippen LogP contribution in [0.25, 0.3) is 0 Å². The number of ether oxygens (including phenoxy) is 1. The fourth-order valence-electron chi connectivity index (χ4n) is 4.86. The molecule has 212 valence electrons. The first-order valence-electron chi connectivity index (χ1n) is 12.4. The fraction of sp³-hybridized carbons (Fsp3) is 0.360. The summed E-state index contributed by atoms with van der Waals surface area (Å²) in [5, 5.41) is 2.92. The van der Waals surface area contributed by atoms with E-state index in [-0.39, 0.29) is 28.4 Å². The lowest BCUT2D eigenvalue weighted by Crippen LogP contribution is -2.50. The molecule has 2 aliphatic rings. The number of carbonyl (C=O) groups excluding carboxylic acids is 1. The third-order valence-corrected chi connectivity index (χ3v) is 10.0. The standard InChI is InChI=1S/C25H27ClFN7O4S2/c1-15-22(28)25(14-38-15)7-10-34(11-8-25)19-12-31-20(13-30-19)39-17-6-9-29-23(21(17)26)32-24(35)33-40(36,37)18-5-3-2-4-16(18)27/h2-6,9,12-13,15,22H,7-8,10-11,14,28H2,1H3,(H2,29,32,33,35)/t15-,22+/m0/s1. The average Bonchev–Trinajstić information content (AvgIpc) is 3.20. The lowest BCUT2D eigenvalue weighted by Gasteiger charge is -2.41. The second kappa shape index (κ2) is 11.4. The summed E-state index contributed by atoms with van der Waals surface area (Å²) in [6.45, 7) is 4.34. The van der Waals surface area contributed by atoms with Crippen molar-refractivity contribution in [2.75, 3.05) is 29.9 Å². The molecule has 0 bridgehead atoms. The number of benzene rings is 1. The SMILES string of the molecule is C[C@@H]1OCC2(CCN(c3cnc(Sc4ccnc(NC(=O)NS(=O)(=O)c5ccccc5F)c4Cl)cn3)CC2)[C@@H]1N. The molecule has 2 saturated heterocycles. The van der Waals surface area contributed by atoms with E-state index in [0.717, 1.165) is 43.9 Å². The summed E-state index contributed by atoms with van der Waals surface area (Å²) >= 11 is 7.64. The van der Waals surface area contributed by atoms with Gasteiger partial charge in [-0.3, -0.25) is 5.32 Å². The molecular weight excluding hydrogens is 581 g/mol. The Kier molecular flexibility index (Phi) is 8.15. The number of rotatable bonds is 6.